The number of rotatable bonds is 12. The van der Waals surface area contributed by atoms with E-state index in [0.717, 1.165) is 31.4 Å². The lowest BCUT2D eigenvalue weighted by molar-refractivity contribution is -0.0865. The molecule has 0 N–H and O–H groups in total. The zero-order valence-corrected chi connectivity index (χ0v) is 20.7. The van der Waals surface area contributed by atoms with Gasteiger partial charge in [0.15, 0.2) is 29.7 Å². The molecule has 1 saturated carbocycles. The van der Waals surface area contributed by atoms with Crippen molar-refractivity contribution in [1.29, 1.82) is 0 Å². The first-order chi connectivity index (χ1) is 17.9. The summed E-state index contributed by atoms with van der Waals surface area (Å²) in [6, 6.07) is 3.57. The minimum Gasteiger partial charge on any atom is -0.494 e. The number of allylic oxidation sites excluding steroid dienone is 1. The first-order valence-electron chi connectivity index (χ1n) is 12.0. The molecule has 0 aliphatic heterocycles. The maximum absolute atomic E-state index is 14.5. The average molecular weight is 553 g/mol. The topological polar surface area (TPSA) is 27.7 Å². The van der Waals surface area contributed by atoms with Crippen LogP contribution in [0.15, 0.2) is 36.9 Å². The molecule has 2 aromatic carbocycles. The first-order valence-corrected chi connectivity index (χ1v) is 12.0. The third kappa shape index (κ3) is 7.11. The zero-order valence-electron chi connectivity index (χ0n) is 20.7. The van der Waals surface area contributed by atoms with Crippen LogP contribution >= 0.6 is 0 Å². The molecule has 0 saturated heterocycles. The van der Waals surface area contributed by atoms with E-state index in [-0.39, 0.29) is 5.92 Å². The number of halogens is 8. The fraction of sp³-hybridized carbons (Fsp3) is 0.481. The molecule has 3 nitrogen and oxygen atoms in total. The summed E-state index contributed by atoms with van der Waals surface area (Å²) in [6.45, 7) is 1.62. The van der Waals surface area contributed by atoms with E-state index >= 15 is 0 Å². The SMILES string of the molecule is C=CC1CCC(C(F)(F)CCOc2ccc(CC(F)(F)COc3ccc(OC)c(F)c3F)c(F)c2F)CC1. The summed E-state index contributed by atoms with van der Waals surface area (Å²) in [7, 11) is 1.09. The van der Waals surface area contributed by atoms with Gasteiger partial charge in [-0.25, -0.2) is 22.0 Å². The molecule has 2 aromatic rings. The summed E-state index contributed by atoms with van der Waals surface area (Å²) in [4.78, 5) is 0. The molecule has 38 heavy (non-hydrogen) atoms. The van der Waals surface area contributed by atoms with E-state index in [9.17, 15) is 35.1 Å². The number of alkyl halides is 4. The Balaban J connectivity index is 1.57. The largest absolute Gasteiger partial charge is 0.494 e. The molecule has 1 fully saturated rings. The standard InChI is InChI=1S/C27H28F8O3/c1-3-16-4-7-18(8-5-16)27(34,35)12-13-37-20-9-6-17(22(28)24(20)30)14-26(32,33)15-38-21-11-10-19(36-2)23(29)25(21)31/h3,6,9-11,16,18H,1,4-5,7-8,12-15H2,2H3. The van der Waals surface area contributed by atoms with Crippen molar-refractivity contribution in [3.05, 3.63) is 65.8 Å². The third-order valence-electron chi connectivity index (χ3n) is 6.64. The molecule has 0 atom stereocenters. The second-order valence-electron chi connectivity index (χ2n) is 9.27. The van der Waals surface area contributed by atoms with Crippen molar-refractivity contribution < 1.29 is 49.3 Å². The van der Waals surface area contributed by atoms with Crippen LogP contribution < -0.4 is 14.2 Å². The van der Waals surface area contributed by atoms with E-state index in [1.165, 1.54) is 0 Å². The molecule has 0 aromatic heterocycles. The normalized spacial score (nSPS) is 18.2. The number of hydrogen-bond donors (Lipinski definition) is 0. The van der Waals surface area contributed by atoms with Gasteiger partial charge in [-0.05, 0) is 55.4 Å². The van der Waals surface area contributed by atoms with E-state index in [4.69, 9.17) is 4.74 Å². The Morgan fingerprint density at radius 2 is 1.37 bits per heavy atom. The van der Waals surface area contributed by atoms with Crippen LogP contribution in [0.5, 0.6) is 17.2 Å². The van der Waals surface area contributed by atoms with Crippen LogP contribution in [0.25, 0.3) is 0 Å². The van der Waals surface area contributed by atoms with E-state index in [1.807, 2.05) is 0 Å². The summed E-state index contributed by atoms with van der Waals surface area (Å²) < 4.78 is 129. The summed E-state index contributed by atoms with van der Waals surface area (Å²) in [5, 5.41) is 0. The lowest BCUT2D eigenvalue weighted by atomic mass is 9.78. The van der Waals surface area contributed by atoms with E-state index in [2.05, 4.69) is 16.1 Å². The van der Waals surface area contributed by atoms with Crippen LogP contribution in [0, 0.1) is 35.1 Å². The van der Waals surface area contributed by atoms with Crippen LogP contribution in [0.3, 0.4) is 0 Å². The maximum Gasteiger partial charge on any atom is 0.285 e. The van der Waals surface area contributed by atoms with Crippen molar-refractivity contribution in [3.8, 4) is 17.2 Å². The molecule has 11 heteroatoms. The molecule has 0 amide bonds. The van der Waals surface area contributed by atoms with Gasteiger partial charge in [0.1, 0.15) is 0 Å². The third-order valence-corrected chi connectivity index (χ3v) is 6.64. The molecular weight excluding hydrogens is 524 g/mol. The smallest absolute Gasteiger partial charge is 0.285 e. The zero-order chi connectivity index (χ0) is 28.1. The summed E-state index contributed by atoms with van der Waals surface area (Å²) in [5.74, 6) is -15.7. The van der Waals surface area contributed by atoms with Gasteiger partial charge in [-0.1, -0.05) is 12.1 Å². The van der Waals surface area contributed by atoms with Crippen molar-refractivity contribution >= 4 is 0 Å². The van der Waals surface area contributed by atoms with E-state index < -0.39 is 89.9 Å². The Hall–Kier alpha value is -2.98. The fourth-order valence-electron chi connectivity index (χ4n) is 4.39. The van der Waals surface area contributed by atoms with Gasteiger partial charge in [0.05, 0.1) is 13.7 Å². The van der Waals surface area contributed by atoms with Gasteiger partial charge < -0.3 is 14.2 Å². The van der Waals surface area contributed by atoms with Crippen LogP contribution in [-0.4, -0.2) is 32.2 Å². The van der Waals surface area contributed by atoms with Gasteiger partial charge in [0, 0.05) is 18.8 Å². The Morgan fingerprint density at radius 1 is 0.816 bits per heavy atom. The van der Waals surface area contributed by atoms with Gasteiger partial charge in [-0.3, -0.25) is 0 Å². The number of benzene rings is 2. The van der Waals surface area contributed by atoms with Gasteiger partial charge in [-0.2, -0.15) is 13.2 Å². The molecule has 210 valence electrons. The van der Waals surface area contributed by atoms with Crippen molar-refractivity contribution in [2.75, 3.05) is 20.3 Å². The minimum atomic E-state index is -3.80. The van der Waals surface area contributed by atoms with Crippen LogP contribution in [0.2, 0.25) is 0 Å². The highest BCUT2D eigenvalue weighted by molar-refractivity contribution is 5.35. The monoisotopic (exact) mass is 552 g/mol. The van der Waals surface area contributed by atoms with E-state index in [1.54, 1.807) is 6.08 Å². The Bertz CT molecular complexity index is 1110. The number of hydrogen-bond acceptors (Lipinski definition) is 3. The first kappa shape index (κ1) is 29.6. The second kappa shape index (κ2) is 12.3. The lowest BCUT2D eigenvalue weighted by Gasteiger charge is -2.32. The molecule has 0 spiro atoms. The van der Waals surface area contributed by atoms with Crippen molar-refractivity contribution in [2.24, 2.45) is 11.8 Å². The predicted octanol–water partition coefficient (Wildman–Crippen LogP) is 7.91. The second-order valence-corrected chi connectivity index (χ2v) is 9.27. The quantitative estimate of drug-likeness (QED) is 0.198. The van der Waals surface area contributed by atoms with Crippen LogP contribution in [-0.2, 0) is 6.42 Å². The molecule has 1 aliphatic rings. The highest BCUT2D eigenvalue weighted by atomic mass is 19.3. The van der Waals surface area contributed by atoms with Crippen molar-refractivity contribution in [2.45, 2.75) is 50.4 Å². The Kier molecular flexibility index (Phi) is 9.54. The lowest BCUT2D eigenvalue weighted by Crippen LogP contribution is -2.33. The molecule has 0 unspecified atom stereocenters. The number of ether oxygens (including phenoxy) is 3. The van der Waals surface area contributed by atoms with Crippen LogP contribution in [0.4, 0.5) is 35.1 Å². The Labute approximate surface area is 215 Å². The molecule has 0 bridgehead atoms. The van der Waals surface area contributed by atoms with E-state index in [0.29, 0.717) is 25.7 Å². The Morgan fingerprint density at radius 3 is 2.00 bits per heavy atom. The average Bonchev–Trinajstić information content (AvgIpc) is 2.89. The minimum absolute atomic E-state index is 0.208. The maximum atomic E-state index is 14.5. The summed E-state index contributed by atoms with van der Waals surface area (Å²) in [6.07, 6.45) is 1.56. The molecule has 1 aliphatic carbocycles. The highest BCUT2D eigenvalue weighted by Crippen LogP contribution is 2.41. The van der Waals surface area contributed by atoms with Gasteiger partial charge >= 0.3 is 0 Å². The highest BCUT2D eigenvalue weighted by Gasteiger charge is 2.41. The van der Waals surface area contributed by atoms with Gasteiger partial charge in [-0.15, -0.1) is 6.58 Å². The van der Waals surface area contributed by atoms with Gasteiger partial charge in [0.25, 0.3) is 11.8 Å². The van der Waals surface area contributed by atoms with Crippen LogP contribution in [0.1, 0.15) is 37.7 Å². The molecule has 3 rings (SSSR count). The van der Waals surface area contributed by atoms with Gasteiger partial charge in [0.2, 0.25) is 17.5 Å². The van der Waals surface area contributed by atoms with Crippen molar-refractivity contribution in [1.82, 2.24) is 0 Å². The summed E-state index contributed by atoms with van der Waals surface area (Å²) in [5.41, 5.74) is -0.742. The van der Waals surface area contributed by atoms with Crippen molar-refractivity contribution in [3.63, 3.8) is 0 Å². The number of methoxy groups -OCH3 is 1. The molecule has 0 radical (unpaired) electrons. The molecule has 0 heterocycles. The fourth-order valence-corrected chi connectivity index (χ4v) is 4.39. The summed E-state index contributed by atoms with van der Waals surface area (Å²) >= 11 is 0. The predicted molar refractivity (Wildman–Crippen MR) is 124 cm³/mol. The molecular formula is C27H28F8O3.